The summed E-state index contributed by atoms with van der Waals surface area (Å²) < 4.78 is 16.4. The van der Waals surface area contributed by atoms with Crippen LogP contribution in [0.15, 0.2) is 59.0 Å². The third-order valence-corrected chi connectivity index (χ3v) is 5.92. The summed E-state index contributed by atoms with van der Waals surface area (Å²) in [6.45, 7) is 6.51. The predicted molar refractivity (Wildman–Crippen MR) is 130 cm³/mol. The molecule has 0 spiro atoms. The van der Waals surface area contributed by atoms with Crippen molar-refractivity contribution < 1.29 is 13.9 Å². The maximum absolute atomic E-state index is 5.82. The van der Waals surface area contributed by atoms with Crippen LogP contribution in [-0.4, -0.2) is 54.2 Å². The number of rotatable bonds is 10. The van der Waals surface area contributed by atoms with Gasteiger partial charge in [0.25, 0.3) is 0 Å². The molecule has 1 fully saturated rings. The second-order valence-corrected chi connectivity index (χ2v) is 8.70. The molecular weight excluding hydrogens is 422 g/mol. The molecule has 0 aliphatic carbocycles. The van der Waals surface area contributed by atoms with Crippen LogP contribution in [-0.2, 0) is 5.75 Å². The van der Waals surface area contributed by atoms with Crippen molar-refractivity contribution in [2.45, 2.75) is 31.9 Å². The van der Waals surface area contributed by atoms with E-state index in [1.54, 1.807) is 18.9 Å². The van der Waals surface area contributed by atoms with Crippen LogP contribution in [0.1, 0.15) is 32.1 Å². The second kappa shape index (κ2) is 13.8. The molecule has 4 rings (SSSR count). The van der Waals surface area contributed by atoms with Gasteiger partial charge in [0.05, 0.1) is 19.5 Å². The van der Waals surface area contributed by atoms with Crippen LogP contribution < -0.4 is 9.47 Å². The maximum atomic E-state index is 5.82. The lowest BCUT2D eigenvalue weighted by Crippen LogP contribution is -2.21. The zero-order valence-corrected chi connectivity index (χ0v) is 19.9. The van der Waals surface area contributed by atoms with Crippen molar-refractivity contribution >= 4 is 11.8 Å². The monoisotopic (exact) mass is 455 g/mol. The molecule has 0 unspecified atom stereocenters. The predicted octanol–water partition coefficient (Wildman–Crippen LogP) is 5.55. The summed E-state index contributed by atoms with van der Waals surface area (Å²) in [6, 6.07) is 17.6. The molecule has 0 N–H and O–H groups in total. The number of benzene rings is 2. The zero-order chi connectivity index (χ0) is 22.4. The van der Waals surface area contributed by atoms with Gasteiger partial charge < -0.3 is 18.8 Å². The smallest absolute Gasteiger partial charge is 0.247 e. The molecule has 2 aromatic carbocycles. The minimum atomic E-state index is 0.572. The molecule has 32 heavy (non-hydrogen) atoms. The van der Waals surface area contributed by atoms with Gasteiger partial charge in [-0.05, 0) is 74.5 Å². The van der Waals surface area contributed by atoms with Crippen molar-refractivity contribution in [2.75, 3.05) is 39.1 Å². The normalized spacial score (nSPS) is 13.4. The average Bonchev–Trinajstić information content (AvgIpc) is 3.54. The summed E-state index contributed by atoms with van der Waals surface area (Å²) in [5, 5.41) is 8.19. The van der Waals surface area contributed by atoms with E-state index in [0.29, 0.717) is 11.8 Å². The summed E-state index contributed by atoms with van der Waals surface area (Å²) in [5.74, 6) is 4.86. The van der Waals surface area contributed by atoms with Crippen molar-refractivity contribution in [3.8, 4) is 23.0 Å². The third-order valence-electron chi connectivity index (χ3n) is 5.06. The molecule has 1 aliphatic rings. The quantitative estimate of drug-likeness (QED) is 0.371. The Bertz CT molecular complexity index is 881. The number of nitrogens with zero attached hydrogens (tertiary/aromatic N) is 3. The maximum Gasteiger partial charge on any atom is 0.247 e. The van der Waals surface area contributed by atoms with E-state index in [0.717, 1.165) is 48.1 Å². The van der Waals surface area contributed by atoms with Gasteiger partial charge in [-0.3, -0.25) is 0 Å². The number of hydrogen-bond acceptors (Lipinski definition) is 7. The van der Waals surface area contributed by atoms with Crippen LogP contribution in [0.2, 0.25) is 0 Å². The molecule has 172 valence electrons. The first-order valence-electron chi connectivity index (χ1n) is 11.2. The lowest BCUT2D eigenvalue weighted by Gasteiger charge is -2.14. The summed E-state index contributed by atoms with van der Waals surface area (Å²) in [6.07, 6.45) is 3.76. The average molecular weight is 456 g/mol. The fourth-order valence-electron chi connectivity index (χ4n) is 3.35. The molecule has 0 bridgehead atoms. The van der Waals surface area contributed by atoms with Gasteiger partial charge >= 0.3 is 0 Å². The lowest BCUT2D eigenvalue weighted by atomic mass is 10.2. The largest absolute Gasteiger partial charge is 0.497 e. The Morgan fingerprint density at radius 1 is 0.969 bits per heavy atom. The summed E-state index contributed by atoms with van der Waals surface area (Å²) >= 11 is 1.77. The van der Waals surface area contributed by atoms with Crippen LogP contribution in [0.5, 0.6) is 11.5 Å². The van der Waals surface area contributed by atoms with Crippen molar-refractivity contribution in [3.05, 3.63) is 60.5 Å². The van der Waals surface area contributed by atoms with Crippen molar-refractivity contribution in [2.24, 2.45) is 0 Å². The van der Waals surface area contributed by atoms with Crippen LogP contribution in [0.25, 0.3) is 11.5 Å². The summed E-state index contributed by atoms with van der Waals surface area (Å²) in [7, 11) is 1.66. The Labute approximate surface area is 195 Å². The number of methoxy groups -OCH3 is 1. The minimum Gasteiger partial charge on any atom is -0.497 e. The first-order valence-corrected chi connectivity index (χ1v) is 12.4. The molecule has 3 aromatic rings. The fourth-order valence-corrected chi connectivity index (χ4v) is 3.85. The zero-order valence-electron chi connectivity index (χ0n) is 19.0. The van der Waals surface area contributed by atoms with Gasteiger partial charge in [-0.2, -0.15) is 11.8 Å². The van der Waals surface area contributed by atoms with E-state index < -0.39 is 0 Å². The van der Waals surface area contributed by atoms with Crippen molar-refractivity contribution in [1.82, 2.24) is 15.1 Å². The Kier molecular flexibility index (Phi) is 10.4. The van der Waals surface area contributed by atoms with Crippen LogP contribution in [0.3, 0.4) is 0 Å². The number of likely N-dealkylation sites (tertiary alicyclic amines) is 1. The van der Waals surface area contributed by atoms with Gasteiger partial charge in [-0.15, -0.1) is 10.2 Å². The highest BCUT2D eigenvalue weighted by Gasteiger charge is 2.11. The Balaban J connectivity index is 0.000000305. The first kappa shape index (κ1) is 24.1. The van der Waals surface area contributed by atoms with Gasteiger partial charge in [0, 0.05) is 12.1 Å². The molecule has 0 radical (unpaired) electrons. The van der Waals surface area contributed by atoms with Crippen LogP contribution in [0, 0.1) is 0 Å². The number of aromatic nitrogens is 2. The minimum absolute atomic E-state index is 0.572. The SMILES string of the molecule is CCSCc1nnc(-c2ccc(OCCCN3CCCC3)cc2)o1.COc1ccccc1. The van der Waals surface area contributed by atoms with E-state index in [1.807, 2.05) is 54.6 Å². The fraction of sp³-hybridized carbons (Fsp3) is 0.440. The van der Waals surface area contributed by atoms with Crippen molar-refractivity contribution in [1.29, 1.82) is 0 Å². The molecule has 2 heterocycles. The molecule has 1 saturated heterocycles. The second-order valence-electron chi connectivity index (χ2n) is 7.43. The molecule has 6 nitrogen and oxygen atoms in total. The van der Waals surface area contributed by atoms with Crippen LogP contribution in [0.4, 0.5) is 0 Å². The molecular formula is C25H33N3O3S. The first-order chi connectivity index (χ1) is 15.8. The standard InChI is InChI=1S/C18H25N3O2S.C7H8O/c1-2-24-14-17-19-20-18(23-17)15-6-8-16(9-7-15)22-13-5-12-21-10-3-4-11-21;1-8-7-5-3-2-4-6-7/h6-9H,2-5,10-14H2,1H3;2-6H,1H3. The highest BCUT2D eigenvalue weighted by atomic mass is 32.2. The number of thioether (sulfide) groups is 1. The van der Waals surface area contributed by atoms with E-state index in [1.165, 1.54) is 25.9 Å². The van der Waals surface area contributed by atoms with E-state index in [9.17, 15) is 0 Å². The molecule has 0 saturated carbocycles. The molecule has 0 atom stereocenters. The van der Waals surface area contributed by atoms with Gasteiger partial charge in [0.1, 0.15) is 11.5 Å². The van der Waals surface area contributed by atoms with Gasteiger partial charge in [-0.25, -0.2) is 0 Å². The molecule has 1 aromatic heterocycles. The molecule has 7 heteroatoms. The number of para-hydroxylation sites is 1. The summed E-state index contributed by atoms with van der Waals surface area (Å²) in [4.78, 5) is 2.51. The Morgan fingerprint density at radius 2 is 1.72 bits per heavy atom. The Morgan fingerprint density at radius 3 is 2.38 bits per heavy atom. The van der Waals surface area contributed by atoms with E-state index in [4.69, 9.17) is 13.9 Å². The van der Waals surface area contributed by atoms with E-state index in [2.05, 4.69) is 22.0 Å². The topological polar surface area (TPSA) is 60.6 Å². The Hall–Kier alpha value is -2.51. The third kappa shape index (κ3) is 8.20. The van der Waals surface area contributed by atoms with Gasteiger partial charge in [0.15, 0.2) is 0 Å². The van der Waals surface area contributed by atoms with E-state index >= 15 is 0 Å². The number of hydrogen-bond donors (Lipinski definition) is 0. The highest BCUT2D eigenvalue weighted by molar-refractivity contribution is 7.98. The lowest BCUT2D eigenvalue weighted by molar-refractivity contribution is 0.263. The molecule has 1 aliphatic heterocycles. The number of ether oxygens (including phenoxy) is 2. The van der Waals surface area contributed by atoms with Gasteiger partial charge in [0.2, 0.25) is 11.8 Å². The summed E-state index contributed by atoms with van der Waals surface area (Å²) in [5.41, 5.74) is 0.930. The van der Waals surface area contributed by atoms with Crippen LogP contribution >= 0.6 is 11.8 Å². The highest BCUT2D eigenvalue weighted by Crippen LogP contribution is 2.22. The van der Waals surface area contributed by atoms with Crippen molar-refractivity contribution in [3.63, 3.8) is 0 Å². The van der Waals surface area contributed by atoms with Gasteiger partial charge in [-0.1, -0.05) is 25.1 Å². The van der Waals surface area contributed by atoms with E-state index in [-0.39, 0.29) is 0 Å². The molecule has 0 amide bonds.